The van der Waals surface area contributed by atoms with E-state index in [0.717, 1.165) is 146 Å². The SMILES string of the molecule is NCC1CC2C3CC(CN)C(C3)C2C1.NCC1CC2CC1C1C(CN)CCC21.NCC1CC2CC1C1CCC(CN)C21. The van der Waals surface area contributed by atoms with Crippen LogP contribution in [0.4, 0.5) is 0 Å². The molecule has 9 fully saturated rings. The number of hydrogen-bond donors (Lipinski definition) is 6. The summed E-state index contributed by atoms with van der Waals surface area (Å²) in [6, 6.07) is 0. The normalized spacial score (nSPS) is 55.3. The van der Waals surface area contributed by atoms with E-state index in [1.165, 1.54) is 77.0 Å². The lowest BCUT2D eigenvalue weighted by Crippen LogP contribution is -2.34. The number of fused-ring (bicyclic) bond motifs is 15. The molecule has 6 nitrogen and oxygen atoms in total. The predicted molar refractivity (Wildman–Crippen MR) is 173 cm³/mol. The molecule has 6 heteroatoms. The van der Waals surface area contributed by atoms with Gasteiger partial charge in [-0.25, -0.2) is 0 Å². The minimum Gasteiger partial charge on any atom is -0.330 e. The Morgan fingerprint density at radius 3 is 1.43 bits per heavy atom. The average molecular weight is 583 g/mol. The standard InChI is InChI=1S/3C12H22N2/c13-5-7-1-10-8-3-9(6-14)11(4-8)12(10)2-7;13-5-7-1-2-10-11-4-8(12(7)10)3-9(11)6-14;13-5-7-1-2-10-8-3-9(6-14)11(4-8)12(7)10/h3*7-12H,1-6,13-14H2. The van der Waals surface area contributed by atoms with Gasteiger partial charge in [-0.3, -0.25) is 0 Å². The monoisotopic (exact) mass is 583 g/mol. The molecule has 12 N–H and O–H groups in total. The van der Waals surface area contributed by atoms with Crippen LogP contribution in [-0.2, 0) is 0 Å². The van der Waals surface area contributed by atoms with E-state index < -0.39 is 0 Å². The van der Waals surface area contributed by atoms with E-state index in [2.05, 4.69) is 0 Å². The van der Waals surface area contributed by atoms with Gasteiger partial charge in [-0.05, 0) is 223 Å². The maximum Gasteiger partial charge on any atom is -0.00460 e. The van der Waals surface area contributed by atoms with Crippen LogP contribution in [0, 0.1) is 107 Å². The molecule has 18 unspecified atom stereocenters. The molecule has 9 aliphatic carbocycles. The van der Waals surface area contributed by atoms with Gasteiger partial charge in [0.15, 0.2) is 0 Å². The highest BCUT2D eigenvalue weighted by molar-refractivity contribution is 5.07. The van der Waals surface area contributed by atoms with Crippen LogP contribution in [-0.4, -0.2) is 39.3 Å². The highest BCUT2D eigenvalue weighted by atomic mass is 14.7. The van der Waals surface area contributed by atoms with E-state index in [9.17, 15) is 0 Å². The predicted octanol–water partition coefficient (Wildman–Crippen LogP) is 3.61. The molecule has 18 atom stereocenters. The fourth-order valence-corrected chi connectivity index (χ4v) is 14.7. The molecule has 0 heterocycles. The number of nitrogens with two attached hydrogens (primary N) is 6. The van der Waals surface area contributed by atoms with Crippen molar-refractivity contribution in [3.8, 4) is 0 Å². The molecule has 6 bridgehead atoms. The molecule has 0 aromatic rings. The van der Waals surface area contributed by atoms with Gasteiger partial charge in [-0.2, -0.15) is 0 Å². The molecule has 0 aromatic heterocycles. The van der Waals surface area contributed by atoms with Crippen molar-refractivity contribution in [2.75, 3.05) is 39.3 Å². The lowest BCUT2D eigenvalue weighted by atomic mass is 9.73. The van der Waals surface area contributed by atoms with Crippen LogP contribution in [0.3, 0.4) is 0 Å². The van der Waals surface area contributed by atoms with Gasteiger partial charge in [0, 0.05) is 0 Å². The zero-order valence-corrected chi connectivity index (χ0v) is 26.6. The summed E-state index contributed by atoms with van der Waals surface area (Å²) >= 11 is 0. The lowest BCUT2D eigenvalue weighted by Gasteiger charge is -2.33. The smallest absolute Gasteiger partial charge is 0.00460 e. The summed E-state index contributed by atoms with van der Waals surface area (Å²) in [5, 5.41) is 0. The molecule has 42 heavy (non-hydrogen) atoms. The van der Waals surface area contributed by atoms with E-state index in [1.54, 1.807) is 0 Å². The van der Waals surface area contributed by atoms with E-state index in [-0.39, 0.29) is 0 Å². The van der Waals surface area contributed by atoms with Crippen molar-refractivity contribution in [3.05, 3.63) is 0 Å². The first-order valence-corrected chi connectivity index (χ1v) is 18.7. The third kappa shape index (κ3) is 4.96. The zero-order valence-electron chi connectivity index (χ0n) is 26.6. The van der Waals surface area contributed by atoms with Crippen molar-refractivity contribution < 1.29 is 0 Å². The summed E-state index contributed by atoms with van der Waals surface area (Å²) in [4.78, 5) is 0. The van der Waals surface area contributed by atoms with E-state index in [0.29, 0.717) is 0 Å². The zero-order chi connectivity index (χ0) is 29.1. The summed E-state index contributed by atoms with van der Waals surface area (Å²) in [6.07, 6.45) is 17.3. The number of hydrogen-bond acceptors (Lipinski definition) is 6. The van der Waals surface area contributed by atoms with Gasteiger partial charge in [-0.1, -0.05) is 0 Å². The Morgan fingerprint density at radius 2 is 0.786 bits per heavy atom. The average Bonchev–Trinajstić information content (AvgIpc) is 3.87. The Hall–Kier alpha value is -0.240. The lowest BCUT2D eigenvalue weighted by molar-refractivity contribution is 0.159. The third-order valence-corrected chi connectivity index (χ3v) is 16.1. The van der Waals surface area contributed by atoms with Gasteiger partial charge in [-0.15, -0.1) is 0 Å². The molecular weight excluding hydrogens is 516 g/mol. The van der Waals surface area contributed by atoms with Crippen LogP contribution in [0.5, 0.6) is 0 Å². The van der Waals surface area contributed by atoms with Crippen molar-refractivity contribution in [1.29, 1.82) is 0 Å². The topological polar surface area (TPSA) is 156 Å². The molecule has 0 aliphatic heterocycles. The summed E-state index contributed by atoms with van der Waals surface area (Å²) in [6.45, 7) is 5.54. The highest BCUT2D eigenvalue weighted by Crippen LogP contribution is 2.64. The fourth-order valence-electron chi connectivity index (χ4n) is 14.7. The van der Waals surface area contributed by atoms with Crippen LogP contribution < -0.4 is 34.4 Å². The molecule has 0 amide bonds. The van der Waals surface area contributed by atoms with Crippen LogP contribution in [0.1, 0.15) is 77.0 Å². The second-order valence-electron chi connectivity index (χ2n) is 17.2. The number of rotatable bonds is 6. The Kier molecular flexibility index (Phi) is 9.06. The first-order valence-electron chi connectivity index (χ1n) is 18.7. The van der Waals surface area contributed by atoms with E-state index >= 15 is 0 Å². The minimum absolute atomic E-state index is 0.837. The van der Waals surface area contributed by atoms with Crippen molar-refractivity contribution in [1.82, 2.24) is 0 Å². The van der Waals surface area contributed by atoms with Crippen molar-refractivity contribution in [2.45, 2.75) is 77.0 Å². The van der Waals surface area contributed by atoms with Crippen LogP contribution in [0.25, 0.3) is 0 Å². The highest BCUT2D eigenvalue weighted by Gasteiger charge is 2.58. The Bertz CT molecular complexity index is 901. The molecule has 9 aliphatic rings. The van der Waals surface area contributed by atoms with Gasteiger partial charge < -0.3 is 34.4 Å². The summed E-state index contributed by atoms with van der Waals surface area (Å²) in [5.74, 6) is 17.1. The summed E-state index contributed by atoms with van der Waals surface area (Å²) < 4.78 is 0. The summed E-state index contributed by atoms with van der Waals surface area (Å²) in [5.41, 5.74) is 35.1. The third-order valence-electron chi connectivity index (χ3n) is 16.1. The first-order chi connectivity index (χ1) is 20.5. The largest absolute Gasteiger partial charge is 0.330 e. The first kappa shape index (κ1) is 30.4. The summed E-state index contributed by atoms with van der Waals surface area (Å²) in [7, 11) is 0. The molecular formula is C36H66N6. The molecule has 9 rings (SSSR count). The molecule has 0 spiro atoms. The molecule has 0 saturated heterocycles. The van der Waals surface area contributed by atoms with Gasteiger partial charge >= 0.3 is 0 Å². The van der Waals surface area contributed by atoms with Crippen LogP contribution >= 0.6 is 0 Å². The quantitative estimate of drug-likeness (QED) is 0.281. The van der Waals surface area contributed by atoms with E-state index in [4.69, 9.17) is 34.4 Å². The van der Waals surface area contributed by atoms with Crippen LogP contribution in [0.2, 0.25) is 0 Å². The second-order valence-corrected chi connectivity index (χ2v) is 17.2. The van der Waals surface area contributed by atoms with Gasteiger partial charge in [0.05, 0.1) is 0 Å². The van der Waals surface area contributed by atoms with E-state index in [1.807, 2.05) is 0 Å². The molecule has 0 radical (unpaired) electrons. The van der Waals surface area contributed by atoms with Gasteiger partial charge in [0.25, 0.3) is 0 Å². The minimum atomic E-state index is 0.837. The molecule has 0 aromatic carbocycles. The Balaban J connectivity index is 0.000000103. The maximum absolute atomic E-state index is 5.88. The Labute approximate surface area is 257 Å². The van der Waals surface area contributed by atoms with Crippen molar-refractivity contribution in [3.63, 3.8) is 0 Å². The second kappa shape index (κ2) is 12.5. The van der Waals surface area contributed by atoms with Gasteiger partial charge in [0.1, 0.15) is 0 Å². The Morgan fingerprint density at radius 1 is 0.310 bits per heavy atom. The van der Waals surface area contributed by atoms with Crippen molar-refractivity contribution >= 4 is 0 Å². The molecule has 9 saturated carbocycles. The van der Waals surface area contributed by atoms with Gasteiger partial charge in [0.2, 0.25) is 0 Å². The van der Waals surface area contributed by atoms with Crippen LogP contribution in [0.15, 0.2) is 0 Å². The fraction of sp³-hybridized carbons (Fsp3) is 1.00. The maximum atomic E-state index is 5.88. The van der Waals surface area contributed by atoms with Crippen molar-refractivity contribution in [2.24, 2.45) is 141 Å². The molecule has 240 valence electrons.